The van der Waals surface area contributed by atoms with Gasteiger partial charge in [0.2, 0.25) is 0 Å². The van der Waals surface area contributed by atoms with Crippen molar-refractivity contribution in [2.24, 2.45) is 41.4 Å². The third kappa shape index (κ3) is 7.53. The van der Waals surface area contributed by atoms with Crippen molar-refractivity contribution in [3.8, 4) is 0 Å². The van der Waals surface area contributed by atoms with E-state index in [0.717, 1.165) is 41.4 Å². The highest BCUT2D eigenvalue weighted by Crippen LogP contribution is 2.44. The fourth-order valence-electron chi connectivity index (χ4n) is 6.85. The number of allylic oxidation sites excluding steroid dienone is 2. The molecule has 2 aliphatic rings. The van der Waals surface area contributed by atoms with Gasteiger partial charge in [0.15, 0.2) is 0 Å². The van der Waals surface area contributed by atoms with Crippen LogP contribution in [-0.4, -0.2) is 0 Å². The molecule has 0 N–H and O–H groups in total. The fourth-order valence-corrected chi connectivity index (χ4v) is 6.85. The highest BCUT2D eigenvalue weighted by Gasteiger charge is 2.32. The van der Waals surface area contributed by atoms with Gasteiger partial charge in [0.25, 0.3) is 0 Å². The van der Waals surface area contributed by atoms with Gasteiger partial charge in [0, 0.05) is 0 Å². The molecule has 2 fully saturated rings. The molecule has 0 aliphatic heterocycles. The van der Waals surface area contributed by atoms with E-state index in [2.05, 4.69) is 46.8 Å². The average Bonchev–Trinajstić information content (AvgIpc) is 2.81. The second-order valence-electron chi connectivity index (χ2n) is 10.7. The van der Waals surface area contributed by atoms with Crippen LogP contribution in [0.5, 0.6) is 0 Å². The zero-order chi connectivity index (χ0) is 20.4. The summed E-state index contributed by atoms with van der Waals surface area (Å²) >= 11 is 0. The Morgan fingerprint density at radius 1 is 0.893 bits per heavy atom. The molecule has 2 saturated carbocycles. The van der Waals surface area contributed by atoms with Crippen molar-refractivity contribution in [2.75, 3.05) is 0 Å². The fraction of sp³-hybridized carbons (Fsp3) is 0.929. The quantitative estimate of drug-likeness (QED) is 0.272. The number of hydrogen-bond donors (Lipinski definition) is 0. The van der Waals surface area contributed by atoms with E-state index in [1.807, 2.05) is 0 Å². The van der Waals surface area contributed by atoms with Gasteiger partial charge in [-0.25, -0.2) is 0 Å². The summed E-state index contributed by atoms with van der Waals surface area (Å²) in [7, 11) is 0. The smallest absolute Gasteiger partial charge is 0.0231 e. The van der Waals surface area contributed by atoms with Crippen molar-refractivity contribution < 1.29 is 0 Å². The molecule has 2 bridgehead atoms. The lowest BCUT2D eigenvalue weighted by molar-refractivity contribution is 0.211. The summed E-state index contributed by atoms with van der Waals surface area (Å²) in [5.41, 5.74) is 0. The molecule has 0 saturated heterocycles. The zero-order valence-electron chi connectivity index (χ0n) is 20.1. The van der Waals surface area contributed by atoms with Crippen LogP contribution in [0.3, 0.4) is 0 Å². The standard InChI is InChI=1S/C28H52/c1-6-13-24-16-12-18-26-21-28(19-11-15-23(26)5)27(20-24)17-10-9-14-22(4)25(7-2)8-3/h6,13,22-28H,7-12,14-21H2,1-5H3. The lowest BCUT2D eigenvalue weighted by Crippen LogP contribution is -2.20. The molecule has 2 rings (SSSR count). The minimum Gasteiger partial charge on any atom is -0.0914 e. The van der Waals surface area contributed by atoms with Gasteiger partial charge < -0.3 is 0 Å². The van der Waals surface area contributed by atoms with E-state index < -0.39 is 0 Å². The Balaban J connectivity index is 1.94. The Bertz CT molecular complexity index is 418. The van der Waals surface area contributed by atoms with Crippen LogP contribution in [0.2, 0.25) is 0 Å². The minimum absolute atomic E-state index is 0.856. The molecule has 0 radical (unpaired) electrons. The molecule has 0 heterocycles. The van der Waals surface area contributed by atoms with E-state index in [1.165, 1.54) is 83.5 Å². The van der Waals surface area contributed by atoms with Crippen molar-refractivity contribution in [2.45, 2.75) is 125 Å². The van der Waals surface area contributed by atoms with Crippen molar-refractivity contribution >= 4 is 0 Å². The first-order valence-corrected chi connectivity index (χ1v) is 13.2. The highest BCUT2D eigenvalue weighted by atomic mass is 14.4. The molecule has 0 heteroatoms. The van der Waals surface area contributed by atoms with Gasteiger partial charge in [-0.05, 0) is 67.6 Å². The van der Waals surface area contributed by atoms with Gasteiger partial charge in [-0.2, -0.15) is 0 Å². The summed E-state index contributed by atoms with van der Waals surface area (Å²) in [6, 6.07) is 0. The molecule has 0 aromatic heterocycles. The Kier molecular flexibility index (Phi) is 11.3. The molecule has 28 heavy (non-hydrogen) atoms. The average molecular weight is 389 g/mol. The monoisotopic (exact) mass is 388 g/mol. The molecule has 6 atom stereocenters. The molecular weight excluding hydrogens is 336 g/mol. The first-order chi connectivity index (χ1) is 13.6. The second kappa shape index (κ2) is 13.1. The maximum atomic E-state index is 2.56. The maximum absolute atomic E-state index is 2.56. The van der Waals surface area contributed by atoms with E-state index in [9.17, 15) is 0 Å². The van der Waals surface area contributed by atoms with Gasteiger partial charge in [0.05, 0.1) is 0 Å². The Morgan fingerprint density at radius 3 is 2.32 bits per heavy atom. The van der Waals surface area contributed by atoms with Crippen LogP contribution in [0, 0.1) is 41.4 Å². The van der Waals surface area contributed by atoms with E-state index >= 15 is 0 Å². The number of rotatable bonds is 9. The second-order valence-corrected chi connectivity index (χ2v) is 10.7. The predicted octanol–water partition coefficient (Wildman–Crippen LogP) is 9.44. The Hall–Kier alpha value is -0.260. The molecule has 0 aromatic carbocycles. The van der Waals surface area contributed by atoms with Crippen molar-refractivity contribution in [1.82, 2.24) is 0 Å². The summed E-state index contributed by atoms with van der Waals surface area (Å²) in [6.45, 7) is 12.1. The van der Waals surface area contributed by atoms with Gasteiger partial charge in [-0.1, -0.05) is 110 Å². The van der Waals surface area contributed by atoms with E-state index in [4.69, 9.17) is 0 Å². The summed E-state index contributed by atoms with van der Waals surface area (Å²) in [6.07, 6.45) is 25.5. The summed E-state index contributed by atoms with van der Waals surface area (Å²) < 4.78 is 0. The Morgan fingerprint density at radius 2 is 1.61 bits per heavy atom. The van der Waals surface area contributed by atoms with Crippen LogP contribution >= 0.6 is 0 Å². The summed E-state index contributed by atoms with van der Waals surface area (Å²) in [5, 5.41) is 0. The van der Waals surface area contributed by atoms with Crippen LogP contribution in [0.15, 0.2) is 12.2 Å². The summed E-state index contributed by atoms with van der Waals surface area (Å²) in [4.78, 5) is 0. The molecule has 0 aromatic rings. The molecule has 6 unspecified atom stereocenters. The lowest BCUT2D eigenvalue weighted by atomic mass is 9.75. The molecule has 0 nitrogen and oxygen atoms in total. The van der Waals surface area contributed by atoms with Crippen LogP contribution in [-0.2, 0) is 0 Å². The van der Waals surface area contributed by atoms with Crippen LogP contribution < -0.4 is 0 Å². The van der Waals surface area contributed by atoms with Gasteiger partial charge in [0.1, 0.15) is 0 Å². The van der Waals surface area contributed by atoms with Crippen LogP contribution in [0.4, 0.5) is 0 Å². The normalized spacial score (nSPS) is 33.3. The first kappa shape index (κ1) is 24.0. The lowest BCUT2D eigenvalue weighted by Gasteiger charge is -2.30. The van der Waals surface area contributed by atoms with E-state index in [1.54, 1.807) is 6.42 Å². The van der Waals surface area contributed by atoms with Gasteiger partial charge >= 0.3 is 0 Å². The molecular formula is C28H52. The topological polar surface area (TPSA) is 0 Å². The first-order valence-electron chi connectivity index (χ1n) is 13.2. The van der Waals surface area contributed by atoms with Crippen molar-refractivity contribution in [3.63, 3.8) is 0 Å². The highest BCUT2D eigenvalue weighted by molar-refractivity contribution is 4.91. The minimum atomic E-state index is 0.856. The van der Waals surface area contributed by atoms with Crippen LogP contribution in [0.25, 0.3) is 0 Å². The third-order valence-corrected chi connectivity index (χ3v) is 8.87. The maximum Gasteiger partial charge on any atom is -0.0231 e. The number of unbranched alkanes of at least 4 members (excludes halogenated alkanes) is 1. The van der Waals surface area contributed by atoms with Gasteiger partial charge in [-0.15, -0.1) is 0 Å². The molecule has 0 spiro atoms. The molecule has 0 amide bonds. The zero-order valence-corrected chi connectivity index (χ0v) is 20.1. The third-order valence-electron chi connectivity index (χ3n) is 8.87. The van der Waals surface area contributed by atoms with Crippen molar-refractivity contribution in [1.29, 1.82) is 0 Å². The van der Waals surface area contributed by atoms with Crippen LogP contribution in [0.1, 0.15) is 125 Å². The van der Waals surface area contributed by atoms with Crippen molar-refractivity contribution in [3.05, 3.63) is 12.2 Å². The SMILES string of the molecule is CC=CC1CCCC2CC(CCCC2C)C(CCCCC(C)C(CC)CC)C1. The molecule has 164 valence electrons. The van der Waals surface area contributed by atoms with E-state index in [0.29, 0.717) is 0 Å². The number of fused-ring (bicyclic) bond motifs is 2. The summed E-state index contributed by atoms with van der Waals surface area (Å²) in [5.74, 6) is 6.75. The number of hydrogen-bond acceptors (Lipinski definition) is 0. The predicted molar refractivity (Wildman–Crippen MR) is 127 cm³/mol. The van der Waals surface area contributed by atoms with E-state index in [-0.39, 0.29) is 0 Å². The molecule has 2 aliphatic carbocycles. The largest absolute Gasteiger partial charge is 0.0914 e. The van der Waals surface area contributed by atoms with Gasteiger partial charge in [-0.3, -0.25) is 0 Å². The Labute approximate surface area is 178 Å².